The number of pyridine rings is 1. The van der Waals surface area contributed by atoms with Crippen LogP contribution in [0.4, 0.5) is 5.69 Å². The van der Waals surface area contributed by atoms with Crippen molar-refractivity contribution in [2.75, 3.05) is 4.90 Å². The number of halogens is 1. The summed E-state index contributed by atoms with van der Waals surface area (Å²) < 4.78 is 0. The molecule has 1 fully saturated rings. The monoisotopic (exact) mass is 480 g/mol. The zero-order valence-electron chi connectivity index (χ0n) is 20.1. The van der Waals surface area contributed by atoms with Gasteiger partial charge >= 0.3 is 0 Å². The number of aromatic nitrogens is 1. The third kappa shape index (κ3) is 4.53. The largest absolute Gasteiger partial charge is 0.361 e. The van der Waals surface area contributed by atoms with Crippen molar-refractivity contribution in [3.05, 3.63) is 60.2 Å². The minimum absolute atomic E-state index is 0. The van der Waals surface area contributed by atoms with Crippen LogP contribution in [0.5, 0.6) is 0 Å². The Morgan fingerprint density at radius 3 is 2.00 bits per heavy atom. The van der Waals surface area contributed by atoms with Gasteiger partial charge in [-0.05, 0) is 70.1 Å². The molecule has 0 amide bonds. The van der Waals surface area contributed by atoms with Crippen LogP contribution >= 0.6 is 17.0 Å². The number of benzene rings is 2. The van der Waals surface area contributed by atoms with Crippen LogP contribution in [0.2, 0.25) is 0 Å². The lowest BCUT2D eigenvalue weighted by molar-refractivity contribution is 0.245. The second-order valence-corrected chi connectivity index (χ2v) is 11.2. The summed E-state index contributed by atoms with van der Waals surface area (Å²) in [6.07, 6.45) is 3.70. The number of hydrogen-bond donors (Lipinski definition) is 0. The van der Waals surface area contributed by atoms with Gasteiger partial charge in [-0.1, -0.05) is 63.2 Å². The molecule has 1 aliphatic rings. The first kappa shape index (κ1) is 23.8. The summed E-state index contributed by atoms with van der Waals surface area (Å²) in [5, 5.41) is 1.25. The number of nitrogens with zero attached hydrogens (tertiary/aromatic N) is 2. The van der Waals surface area contributed by atoms with Crippen molar-refractivity contribution in [1.29, 1.82) is 0 Å². The standard InChI is InChI=1S/C28H36N2.BrH/c1-26(2,3)21-15-13-20(14-16-21)24-19-25(22-11-8-9-12-23(22)29-24)30-27(4,5)17-10-18-28(30,6)7;/h8-9,11-16,19H,10,17-18H2,1-7H3;1H. The maximum Gasteiger partial charge on any atom is 0.0730 e. The summed E-state index contributed by atoms with van der Waals surface area (Å²) >= 11 is 0. The van der Waals surface area contributed by atoms with Gasteiger partial charge in [0.15, 0.2) is 0 Å². The Labute approximate surface area is 198 Å². The fourth-order valence-corrected chi connectivity index (χ4v) is 5.28. The van der Waals surface area contributed by atoms with Gasteiger partial charge in [-0.3, -0.25) is 0 Å². The van der Waals surface area contributed by atoms with Gasteiger partial charge in [0.2, 0.25) is 0 Å². The number of para-hydroxylation sites is 1. The Bertz CT molecular complexity index is 1040. The Morgan fingerprint density at radius 2 is 1.42 bits per heavy atom. The van der Waals surface area contributed by atoms with Crippen molar-refractivity contribution < 1.29 is 0 Å². The number of piperidine rings is 1. The highest BCUT2D eigenvalue weighted by Gasteiger charge is 2.42. The molecule has 3 aromatic rings. The van der Waals surface area contributed by atoms with E-state index in [0.717, 1.165) is 11.2 Å². The second-order valence-electron chi connectivity index (χ2n) is 11.2. The molecule has 0 bridgehead atoms. The van der Waals surface area contributed by atoms with Crippen molar-refractivity contribution in [3.8, 4) is 11.3 Å². The number of rotatable bonds is 2. The minimum Gasteiger partial charge on any atom is -0.361 e. The fraction of sp³-hybridized carbons (Fsp3) is 0.464. The average molecular weight is 482 g/mol. The summed E-state index contributed by atoms with van der Waals surface area (Å²) in [6, 6.07) is 19.9. The molecule has 1 aromatic heterocycles. The van der Waals surface area contributed by atoms with Crippen molar-refractivity contribution in [2.24, 2.45) is 0 Å². The molecular formula is C28H37BrN2. The average Bonchev–Trinajstić information content (AvgIpc) is 2.66. The SMILES string of the molecule is Br.CC(C)(C)c1ccc(-c2cc(N3C(C)(C)CCCC3(C)C)c3ccccc3n2)cc1. The van der Waals surface area contributed by atoms with Crippen LogP contribution in [-0.4, -0.2) is 16.1 Å². The van der Waals surface area contributed by atoms with E-state index in [4.69, 9.17) is 4.98 Å². The molecule has 0 aliphatic carbocycles. The molecule has 166 valence electrons. The molecule has 31 heavy (non-hydrogen) atoms. The number of anilines is 1. The van der Waals surface area contributed by atoms with Crippen LogP contribution in [0.3, 0.4) is 0 Å². The zero-order chi connectivity index (χ0) is 21.7. The van der Waals surface area contributed by atoms with E-state index in [1.807, 2.05) is 0 Å². The van der Waals surface area contributed by atoms with Gasteiger partial charge < -0.3 is 4.90 Å². The van der Waals surface area contributed by atoms with Gasteiger partial charge in [-0.25, -0.2) is 4.98 Å². The first-order valence-electron chi connectivity index (χ1n) is 11.3. The zero-order valence-corrected chi connectivity index (χ0v) is 21.8. The smallest absolute Gasteiger partial charge is 0.0730 e. The normalized spacial score (nSPS) is 18.0. The molecule has 0 radical (unpaired) electrons. The van der Waals surface area contributed by atoms with Gasteiger partial charge in [-0.15, -0.1) is 17.0 Å². The fourth-order valence-electron chi connectivity index (χ4n) is 5.28. The van der Waals surface area contributed by atoms with Crippen molar-refractivity contribution in [3.63, 3.8) is 0 Å². The predicted molar refractivity (Wildman–Crippen MR) is 141 cm³/mol. The molecule has 4 rings (SSSR count). The van der Waals surface area contributed by atoms with Gasteiger partial charge in [-0.2, -0.15) is 0 Å². The molecular weight excluding hydrogens is 444 g/mol. The highest BCUT2D eigenvalue weighted by Crippen LogP contribution is 2.45. The molecule has 0 atom stereocenters. The van der Waals surface area contributed by atoms with E-state index >= 15 is 0 Å². The maximum atomic E-state index is 5.06. The summed E-state index contributed by atoms with van der Waals surface area (Å²) in [6.45, 7) is 16.3. The Hall–Kier alpha value is -1.87. The van der Waals surface area contributed by atoms with E-state index in [-0.39, 0.29) is 33.5 Å². The summed E-state index contributed by atoms with van der Waals surface area (Å²) in [7, 11) is 0. The lowest BCUT2D eigenvalue weighted by Gasteiger charge is -2.55. The van der Waals surface area contributed by atoms with E-state index in [1.54, 1.807) is 0 Å². The second kappa shape index (κ2) is 8.24. The van der Waals surface area contributed by atoms with E-state index in [2.05, 4.69) is 108 Å². The Balaban J connectivity index is 0.00000272. The predicted octanol–water partition coefficient (Wildman–Crippen LogP) is 8.32. The summed E-state index contributed by atoms with van der Waals surface area (Å²) in [5.74, 6) is 0. The lowest BCUT2D eigenvalue weighted by Crippen LogP contribution is -2.59. The van der Waals surface area contributed by atoms with Crippen LogP contribution in [0.15, 0.2) is 54.6 Å². The van der Waals surface area contributed by atoms with Gasteiger partial charge in [0.25, 0.3) is 0 Å². The molecule has 2 nitrogen and oxygen atoms in total. The molecule has 1 aliphatic heterocycles. The molecule has 0 unspecified atom stereocenters. The maximum absolute atomic E-state index is 5.06. The molecule has 3 heteroatoms. The quantitative estimate of drug-likeness (QED) is 0.366. The molecule has 1 saturated heterocycles. The van der Waals surface area contributed by atoms with Crippen LogP contribution in [0.1, 0.15) is 73.3 Å². The lowest BCUT2D eigenvalue weighted by atomic mass is 9.79. The number of fused-ring (bicyclic) bond motifs is 1. The number of hydrogen-bond acceptors (Lipinski definition) is 2. The van der Waals surface area contributed by atoms with Crippen molar-refractivity contribution >= 4 is 33.6 Å². The first-order chi connectivity index (χ1) is 14.0. The van der Waals surface area contributed by atoms with Crippen molar-refractivity contribution in [1.82, 2.24) is 4.98 Å². The van der Waals surface area contributed by atoms with Crippen LogP contribution in [0, 0.1) is 0 Å². The molecule has 2 aromatic carbocycles. The molecule has 0 spiro atoms. The van der Waals surface area contributed by atoms with Crippen LogP contribution in [-0.2, 0) is 5.41 Å². The Morgan fingerprint density at radius 1 is 0.839 bits per heavy atom. The van der Waals surface area contributed by atoms with E-state index < -0.39 is 0 Å². The highest BCUT2D eigenvalue weighted by molar-refractivity contribution is 8.93. The van der Waals surface area contributed by atoms with E-state index in [9.17, 15) is 0 Å². The van der Waals surface area contributed by atoms with E-state index in [0.29, 0.717) is 0 Å². The highest BCUT2D eigenvalue weighted by atomic mass is 79.9. The van der Waals surface area contributed by atoms with Gasteiger partial charge in [0, 0.05) is 27.7 Å². The van der Waals surface area contributed by atoms with Crippen LogP contribution < -0.4 is 4.90 Å². The first-order valence-corrected chi connectivity index (χ1v) is 11.3. The summed E-state index contributed by atoms with van der Waals surface area (Å²) in [5.41, 5.74) is 6.35. The van der Waals surface area contributed by atoms with Crippen LogP contribution in [0.25, 0.3) is 22.2 Å². The topological polar surface area (TPSA) is 16.1 Å². The third-order valence-corrected chi connectivity index (χ3v) is 6.77. The van der Waals surface area contributed by atoms with Crippen molar-refractivity contribution in [2.45, 2.75) is 84.2 Å². The summed E-state index contributed by atoms with van der Waals surface area (Å²) in [4.78, 5) is 7.73. The molecule has 0 saturated carbocycles. The van der Waals surface area contributed by atoms with Gasteiger partial charge in [0.1, 0.15) is 0 Å². The van der Waals surface area contributed by atoms with E-state index in [1.165, 1.54) is 41.5 Å². The minimum atomic E-state index is 0. The molecule has 0 N–H and O–H groups in total. The third-order valence-electron chi connectivity index (χ3n) is 6.77. The Kier molecular flexibility index (Phi) is 6.32. The molecule has 2 heterocycles. The van der Waals surface area contributed by atoms with Gasteiger partial charge in [0.05, 0.1) is 11.2 Å².